The fourth-order valence-electron chi connectivity index (χ4n) is 3.35. The van der Waals surface area contributed by atoms with Crippen LogP contribution in [0.4, 0.5) is 0 Å². The minimum atomic E-state index is -0.0271. The molecule has 0 amide bonds. The number of guanidine groups is 1. The van der Waals surface area contributed by atoms with E-state index in [-0.39, 0.29) is 12.0 Å². The molecule has 2 aromatic carbocycles. The monoisotopic (exact) mass is 383 g/mol. The van der Waals surface area contributed by atoms with Crippen molar-refractivity contribution < 1.29 is 14.6 Å². The SMILES string of the molecule is CN=C(NCc1ccccc1Oc1ccccc1)NCC1(CCO)CCOC1. The zero-order chi connectivity index (χ0) is 19.7. The molecule has 1 atom stereocenters. The van der Waals surface area contributed by atoms with E-state index in [1.807, 2.05) is 54.6 Å². The molecule has 28 heavy (non-hydrogen) atoms. The quantitative estimate of drug-likeness (QED) is 0.483. The van der Waals surface area contributed by atoms with E-state index in [2.05, 4.69) is 15.6 Å². The Morgan fingerprint density at radius 3 is 2.64 bits per heavy atom. The molecule has 1 unspecified atom stereocenters. The summed E-state index contributed by atoms with van der Waals surface area (Å²) in [6.45, 7) is 2.89. The average Bonchev–Trinajstić information content (AvgIpc) is 3.19. The molecule has 0 aliphatic carbocycles. The molecule has 1 saturated heterocycles. The van der Waals surface area contributed by atoms with Crippen molar-refractivity contribution in [1.82, 2.24) is 10.6 Å². The summed E-state index contributed by atoms with van der Waals surface area (Å²) < 4.78 is 11.6. The minimum Gasteiger partial charge on any atom is -0.457 e. The van der Waals surface area contributed by atoms with Crippen LogP contribution in [0.15, 0.2) is 59.6 Å². The van der Waals surface area contributed by atoms with E-state index in [0.717, 1.165) is 49.0 Å². The predicted octanol–water partition coefficient (Wildman–Crippen LogP) is 2.93. The Kier molecular flexibility index (Phi) is 7.28. The van der Waals surface area contributed by atoms with Crippen LogP contribution in [0.5, 0.6) is 11.5 Å². The Balaban J connectivity index is 1.58. The molecule has 1 heterocycles. The van der Waals surface area contributed by atoms with Gasteiger partial charge in [0.1, 0.15) is 11.5 Å². The highest BCUT2D eigenvalue weighted by Crippen LogP contribution is 2.31. The number of nitrogens with zero attached hydrogens (tertiary/aromatic N) is 1. The lowest BCUT2D eigenvalue weighted by Crippen LogP contribution is -2.44. The van der Waals surface area contributed by atoms with Crippen LogP contribution in [0, 0.1) is 5.41 Å². The van der Waals surface area contributed by atoms with Crippen molar-refractivity contribution in [3.63, 3.8) is 0 Å². The second-order valence-corrected chi connectivity index (χ2v) is 7.08. The Labute approximate surface area is 166 Å². The number of rotatable bonds is 8. The Morgan fingerprint density at radius 2 is 1.93 bits per heavy atom. The van der Waals surface area contributed by atoms with Gasteiger partial charge in [0.15, 0.2) is 5.96 Å². The molecule has 0 bridgehead atoms. The topological polar surface area (TPSA) is 75.1 Å². The molecule has 1 aliphatic heterocycles. The molecule has 0 aromatic heterocycles. The molecule has 150 valence electrons. The summed E-state index contributed by atoms with van der Waals surface area (Å²) in [6, 6.07) is 17.7. The molecular weight excluding hydrogens is 354 g/mol. The van der Waals surface area contributed by atoms with Crippen LogP contribution in [-0.4, -0.2) is 44.5 Å². The van der Waals surface area contributed by atoms with E-state index in [0.29, 0.717) is 13.2 Å². The van der Waals surface area contributed by atoms with E-state index >= 15 is 0 Å². The molecule has 0 saturated carbocycles. The van der Waals surface area contributed by atoms with E-state index in [9.17, 15) is 5.11 Å². The standard InChI is InChI=1S/C22H29N3O3/c1-23-21(25-16-22(11-13-26)12-14-27-17-22)24-15-18-7-5-6-10-20(18)28-19-8-3-2-4-9-19/h2-10,26H,11-17H2,1H3,(H2,23,24,25). The van der Waals surface area contributed by atoms with Gasteiger partial charge in [0.25, 0.3) is 0 Å². The minimum absolute atomic E-state index is 0.0271. The van der Waals surface area contributed by atoms with Gasteiger partial charge in [-0.3, -0.25) is 4.99 Å². The third-order valence-electron chi connectivity index (χ3n) is 5.07. The number of aliphatic hydroxyl groups is 1. The van der Waals surface area contributed by atoms with Gasteiger partial charge < -0.3 is 25.2 Å². The second-order valence-electron chi connectivity index (χ2n) is 7.08. The maximum atomic E-state index is 9.37. The van der Waals surface area contributed by atoms with Crippen molar-refractivity contribution >= 4 is 5.96 Å². The third-order valence-corrected chi connectivity index (χ3v) is 5.07. The zero-order valence-corrected chi connectivity index (χ0v) is 16.4. The largest absolute Gasteiger partial charge is 0.457 e. The molecule has 6 nitrogen and oxygen atoms in total. The van der Waals surface area contributed by atoms with Gasteiger partial charge in [0.05, 0.1) is 6.61 Å². The fraction of sp³-hybridized carbons (Fsp3) is 0.409. The van der Waals surface area contributed by atoms with Gasteiger partial charge in [-0.05, 0) is 31.0 Å². The van der Waals surface area contributed by atoms with E-state index in [1.54, 1.807) is 7.05 Å². The second kappa shape index (κ2) is 10.1. The first-order valence-electron chi connectivity index (χ1n) is 9.69. The number of benzene rings is 2. The molecule has 6 heteroatoms. The predicted molar refractivity (Wildman–Crippen MR) is 111 cm³/mol. The number of hydrogen-bond acceptors (Lipinski definition) is 4. The van der Waals surface area contributed by atoms with Crippen LogP contribution in [0.25, 0.3) is 0 Å². The van der Waals surface area contributed by atoms with Gasteiger partial charge in [-0.2, -0.15) is 0 Å². The lowest BCUT2D eigenvalue weighted by molar-refractivity contribution is 0.127. The van der Waals surface area contributed by atoms with Crippen LogP contribution in [0.1, 0.15) is 18.4 Å². The number of aliphatic imine (C=N–C) groups is 1. The van der Waals surface area contributed by atoms with E-state index in [4.69, 9.17) is 9.47 Å². The number of nitrogens with one attached hydrogen (secondary N) is 2. The van der Waals surface area contributed by atoms with Crippen molar-refractivity contribution in [3.05, 3.63) is 60.2 Å². The Hall–Kier alpha value is -2.57. The van der Waals surface area contributed by atoms with Crippen molar-refractivity contribution in [2.75, 3.05) is 33.4 Å². The van der Waals surface area contributed by atoms with Gasteiger partial charge in [-0.15, -0.1) is 0 Å². The van der Waals surface area contributed by atoms with E-state index in [1.165, 1.54) is 0 Å². The van der Waals surface area contributed by atoms with Gasteiger partial charge in [0, 0.05) is 44.3 Å². The van der Waals surface area contributed by atoms with Crippen LogP contribution in [-0.2, 0) is 11.3 Å². The normalized spacial score (nSPS) is 19.4. The van der Waals surface area contributed by atoms with Crippen molar-refractivity contribution in [2.45, 2.75) is 19.4 Å². The first-order chi connectivity index (χ1) is 13.7. The third kappa shape index (κ3) is 5.47. The van der Waals surface area contributed by atoms with E-state index < -0.39 is 0 Å². The molecule has 1 aliphatic rings. The molecule has 0 radical (unpaired) electrons. The molecule has 3 N–H and O–H groups in total. The first-order valence-corrected chi connectivity index (χ1v) is 9.69. The lowest BCUT2D eigenvalue weighted by Gasteiger charge is -2.27. The summed E-state index contributed by atoms with van der Waals surface area (Å²) in [7, 11) is 1.76. The average molecular weight is 383 g/mol. The van der Waals surface area contributed by atoms with Gasteiger partial charge in [-0.1, -0.05) is 36.4 Å². The summed E-state index contributed by atoms with van der Waals surface area (Å²) >= 11 is 0. The smallest absolute Gasteiger partial charge is 0.191 e. The van der Waals surface area contributed by atoms with Gasteiger partial charge in [0.2, 0.25) is 0 Å². The lowest BCUT2D eigenvalue weighted by atomic mass is 9.84. The van der Waals surface area contributed by atoms with Crippen molar-refractivity contribution in [3.8, 4) is 11.5 Å². The van der Waals surface area contributed by atoms with Gasteiger partial charge in [-0.25, -0.2) is 0 Å². The molecule has 2 aromatic rings. The summed E-state index contributed by atoms with van der Waals surface area (Å²) in [6.07, 6.45) is 1.68. The maximum absolute atomic E-state index is 9.37. The zero-order valence-electron chi connectivity index (χ0n) is 16.4. The van der Waals surface area contributed by atoms with Crippen molar-refractivity contribution in [2.24, 2.45) is 10.4 Å². The van der Waals surface area contributed by atoms with Crippen LogP contribution >= 0.6 is 0 Å². The van der Waals surface area contributed by atoms with Crippen LogP contribution < -0.4 is 15.4 Å². The summed E-state index contributed by atoms with van der Waals surface area (Å²) in [5, 5.41) is 16.1. The summed E-state index contributed by atoms with van der Waals surface area (Å²) in [5.74, 6) is 2.35. The summed E-state index contributed by atoms with van der Waals surface area (Å²) in [4.78, 5) is 4.32. The summed E-state index contributed by atoms with van der Waals surface area (Å²) in [5.41, 5.74) is 1.02. The van der Waals surface area contributed by atoms with Crippen LogP contribution in [0.3, 0.4) is 0 Å². The first kappa shape index (κ1) is 20.2. The molecule has 0 spiro atoms. The Morgan fingerprint density at radius 1 is 1.14 bits per heavy atom. The molecular formula is C22H29N3O3. The maximum Gasteiger partial charge on any atom is 0.191 e. The van der Waals surface area contributed by atoms with Crippen LogP contribution in [0.2, 0.25) is 0 Å². The molecule has 3 rings (SSSR count). The number of hydrogen-bond donors (Lipinski definition) is 3. The highest BCUT2D eigenvalue weighted by atomic mass is 16.5. The number of para-hydroxylation sites is 2. The Bertz CT molecular complexity index is 759. The number of ether oxygens (including phenoxy) is 2. The fourth-order valence-corrected chi connectivity index (χ4v) is 3.35. The van der Waals surface area contributed by atoms with Crippen molar-refractivity contribution in [1.29, 1.82) is 0 Å². The highest BCUT2D eigenvalue weighted by molar-refractivity contribution is 5.79. The van der Waals surface area contributed by atoms with Gasteiger partial charge >= 0.3 is 0 Å². The highest BCUT2D eigenvalue weighted by Gasteiger charge is 2.34. The number of aliphatic hydroxyl groups excluding tert-OH is 1. The molecule has 1 fully saturated rings.